The minimum Gasteiger partial charge on any atom is -0.504 e. The van der Waals surface area contributed by atoms with Gasteiger partial charge in [-0.15, -0.1) is 0 Å². The molecule has 0 spiro atoms. The number of hydrogen-bond donors (Lipinski definition) is 1. The fraction of sp³-hybridized carbons (Fsp3) is 0.273. The van der Waals surface area contributed by atoms with Gasteiger partial charge >= 0.3 is 0 Å². The van der Waals surface area contributed by atoms with Crippen molar-refractivity contribution in [2.45, 2.75) is 25.6 Å². The molecule has 0 fully saturated rings. The molecule has 1 aliphatic rings. The summed E-state index contributed by atoms with van der Waals surface area (Å²) in [5, 5.41) is 10.3. The highest BCUT2D eigenvalue weighted by molar-refractivity contribution is 5.44. The Labute approximate surface area is 154 Å². The van der Waals surface area contributed by atoms with Crippen molar-refractivity contribution in [1.82, 2.24) is 9.47 Å². The molecule has 134 valence electrons. The van der Waals surface area contributed by atoms with Crippen LogP contribution in [0.5, 0.6) is 11.5 Å². The normalized spacial score (nSPS) is 17.5. The van der Waals surface area contributed by atoms with E-state index < -0.39 is 0 Å². The molecule has 2 heterocycles. The van der Waals surface area contributed by atoms with Gasteiger partial charge in [0.2, 0.25) is 0 Å². The van der Waals surface area contributed by atoms with E-state index in [2.05, 4.69) is 64.2 Å². The van der Waals surface area contributed by atoms with Gasteiger partial charge in [-0.1, -0.05) is 36.4 Å². The maximum atomic E-state index is 10.3. The zero-order valence-corrected chi connectivity index (χ0v) is 15.0. The van der Waals surface area contributed by atoms with Crippen LogP contribution in [0.1, 0.15) is 29.3 Å². The monoisotopic (exact) mass is 348 g/mol. The molecule has 26 heavy (non-hydrogen) atoms. The Bertz CT molecular complexity index is 873. The molecule has 0 unspecified atom stereocenters. The van der Waals surface area contributed by atoms with Crippen molar-refractivity contribution < 1.29 is 9.84 Å². The second-order valence-corrected chi connectivity index (χ2v) is 6.77. The Balaban J connectivity index is 1.75. The third-order valence-electron chi connectivity index (χ3n) is 5.10. The van der Waals surface area contributed by atoms with Crippen molar-refractivity contribution in [2.24, 2.45) is 0 Å². The van der Waals surface area contributed by atoms with E-state index in [9.17, 15) is 5.11 Å². The first-order valence-corrected chi connectivity index (χ1v) is 9.06. The lowest BCUT2D eigenvalue weighted by Gasteiger charge is -2.31. The van der Waals surface area contributed by atoms with E-state index in [4.69, 9.17) is 4.74 Å². The highest BCUT2D eigenvalue weighted by Gasteiger charge is 2.28. The molecule has 4 heteroatoms. The van der Waals surface area contributed by atoms with Crippen LogP contribution < -0.4 is 4.74 Å². The van der Waals surface area contributed by atoms with Crippen molar-refractivity contribution in [3.05, 3.63) is 83.7 Å². The van der Waals surface area contributed by atoms with E-state index in [1.807, 2.05) is 12.1 Å². The van der Waals surface area contributed by atoms with Crippen LogP contribution in [0.15, 0.2) is 66.9 Å². The van der Waals surface area contributed by atoms with Gasteiger partial charge in [-0.2, -0.15) is 0 Å². The number of hydrogen-bond acceptors (Lipinski definition) is 3. The number of fused-ring (bicyclic) bond motifs is 1. The Kier molecular flexibility index (Phi) is 4.67. The van der Waals surface area contributed by atoms with Crippen LogP contribution in [-0.4, -0.2) is 28.2 Å². The van der Waals surface area contributed by atoms with Crippen molar-refractivity contribution in [2.75, 3.05) is 13.7 Å². The largest absolute Gasteiger partial charge is 0.504 e. The molecule has 0 aliphatic carbocycles. The van der Waals surface area contributed by atoms with Gasteiger partial charge in [0.05, 0.1) is 13.2 Å². The lowest BCUT2D eigenvalue weighted by atomic mass is 10.0. The van der Waals surface area contributed by atoms with Crippen LogP contribution in [0.3, 0.4) is 0 Å². The van der Waals surface area contributed by atoms with Crippen molar-refractivity contribution in [3.63, 3.8) is 0 Å². The zero-order valence-electron chi connectivity index (χ0n) is 15.0. The Morgan fingerprint density at radius 2 is 1.88 bits per heavy atom. The van der Waals surface area contributed by atoms with Crippen molar-refractivity contribution in [3.8, 4) is 11.5 Å². The molecule has 0 bridgehead atoms. The smallest absolute Gasteiger partial charge is 0.160 e. The Morgan fingerprint density at radius 1 is 1.04 bits per heavy atom. The fourth-order valence-electron chi connectivity index (χ4n) is 3.89. The quantitative estimate of drug-likeness (QED) is 0.768. The minimum atomic E-state index is 0.101. The summed E-state index contributed by atoms with van der Waals surface area (Å²) in [4.78, 5) is 2.50. The summed E-state index contributed by atoms with van der Waals surface area (Å²) in [5.41, 5.74) is 3.65. The number of phenols is 1. The summed E-state index contributed by atoms with van der Waals surface area (Å²) in [5.74, 6) is 0.694. The van der Waals surface area contributed by atoms with Crippen molar-refractivity contribution in [1.29, 1.82) is 0 Å². The number of aryl methyl sites for hydroxylation is 1. The summed E-state index contributed by atoms with van der Waals surface area (Å²) in [7, 11) is 1.58. The third kappa shape index (κ3) is 3.20. The maximum absolute atomic E-state index is 10.3. The second kappa shape index (κ2) is 7.26. The summed E-state index contributed by atoms with van der Waals surface area (Å²) < 4.78 is 7.55. The number of methoxy groups -OCH3 is 1. The molecule has 0 radical (unpaired) electrons. The minimum absolute atomic E-state index is 0.101. The maximum Gasteiger partial charge on any atom is 0.160 e. The van der Waals surface area contributed by atoms with Gasteiger partial charge in [-0.3, -0.25) is 4.90 Å². The lowest BCUT2D eigenvalue weighted by Crippen LogP contribution is -2.29. The number of aromatic hydroxyl groups is 1. The average molecular weight is 348 g/mol. The van der Waals surface area contributed by atoms with Crippen LogP contribution in [0.2, 0.25) is 0 Å². The van der Waals surface area contributed by atoms with Crippen LogP contribution in [0, 0.1) is 0 Å². The van der Waals surface area contributed by atoms with Gasteiger partial charge in [0, 0.05) is 31.5 Å². The standard InChI is InChI=1S/C22H24N2O2/c1-26-21-11-10-18(15-20(21)25)22-19-9-5-12-23(19)13-6-14-24(22)16-17-7-3-2-4-8-17/h2-5,7-12,15,22,25H,6,13-14,16H2,1H3/t22-/m1/s1. The lowest BCUT2D eigenvalue weighted by molar-refractivity contribution is 0.220. The van der Waals surface area contributed by atoms with Gasteiger partial charge < -0.3 is 14.4 Å². The van der Waals surface area contributed by atoms with Crippen molar-refractivity contribution >= 4 is 0 Å². The van der Waals surface area contributed by atoms with Gasteiger partial charge in [0.1, 0.15) is 0 Å². The molecule has 1 atom stereocenters. The van der Waals surface area contributed by atoms with Gasteiger partial charge in [-0.05, 0) is 41.8 Å². The van der Waals surface area contributed by atoms with Gasteiger partial charge in [-0.25, -0.2) is 0 Å². The first-order valence-electron chi connectivity index (χ1n) is 9.06. The number of ether oxygens (including phenoxy) is 1. The molecule has 0 amide bonds. The highest BCUT2D eigenvalue weighted by atomic mass is 16.5. The summed E-state index contributed by atoms with van der Waals surface area (Å²) >= 11 is 0. The van der Waals surface area contributed by atoms with E-state index >= 15 is 0 Å². The molecular weight excluding hydrogens is 324 g/mol. The van der Waals surface area contributed by atoms with E-state index in [1.54, 1.807) is 7.11 Å². The van der Waals surface area contributed by atoms with E-state index in [1.165, 1.54) is 11.3 Å². The molecule has 4 rings (SSSR count). The molecule has 2 aromatic carbocycles. The number of phenolic OH excluding ortho intramolecular Hbond substituents is 1. The van der Waals surface area contributed by atoms with E-state index in [0.29, 0.717) is 5.75 Å². The highest BCUT2D eigenvalue weighted by Crippen LogP contribution is 2.37. The molecular formula is C22H24N2O2. The molecule has 4 nitrogen and oxygen atoms in total. The topological polar surface area (TPSA) is 37.6 Å². The molecule has 0 saturated carbocycles. The molecule has 1 aromatic heterocycles. The Morgan fingerprint density at radius 3 is 2.65 bits per heavy atom. The number of aromatic nitrogens is 1. The number of nitrogens with zero attached hydrogens (tertiary/aromatic N) is 2. The third-order valence-corrected chi connectivity index (χ3v) is 5.10. The number of rotatable bonds is 4. The molecule has 3 aromatic rings. The first-order chi connectivity index (χ1) is 12.8. The van der Waals surface area contributed by atoms with Gasteiger partial charge in [0.25, 0.3) is 0 Å². The summed E-state index contributed by atoms with van der Waals surface area (Å²) in [6.07, 6.45) is 3.25. The SMILES string of the molecule is COc1ccc([C@@H]2c3cccn3CCCN2Cc2ccccc2)cc1O. The average Bonchev–Trinajstić information content (AvgIpc) is 3.04. The number of benzene rings is 2. The Hall–Kier alpha value is -2.72. The second-order valence-electron chi connectivity index (χ2n) is 6.77. The summed E-state index contributed by atoms with van der Waals surface area (Å²) in [6.45, 7) is 2.91. The van der Waals surface area contributed by atoms with E-state index in [0.717, 1.165) is 31.6 Å². The fourth-order valence-corrected chi connectivity index (χ4v) is 3.89. The van der Waals surface area contributed by atoms with Gasteiger partial charge in [0.15, 0.2) is 11.5 Å². The zero-order chi connectivity index (χ0) is 17.9. The van der Waals surface area contributed by atoms with Crippen LogP contribution >= 0.6 is 0 Å². The van der Waals surface area contributed by atoms with Crippen LogP contribution in [0.4, 0.5) is 0 Å². The molecule has 0 saturated heterocycles. The van der Waals surface area contributed by atoms with Crippen LogP contribution in [-0.2, 0) is 13.1 Å². The predicted octanol–water partition coefficient (Wildman–Crippen LogP) is 4.20. The first kappa shape index (κ1) is 16.7. The summed E-state index contributed by atoms with van der Waals surface area (Å²) in [6, 6.07) is 20.7. The van der Waals surface area contributed by atoms with Crippen LogP contribution in [0.25, 0.3) is 0 Å². The molecule has 1 aliphatic heterocycles. The molecule has 1 N–H and O–H groups in total. The predicted molar refractivity (Wildman–Crippen MR) is 102 cm³/mol. The van der Waals surface area contributed by atoms with E-state index in [-0.39, 0.29) is 11.8 Å².